The lowest BCUT2D eigenvalue weighted by Crippen LogP contribution is -2.48. The van der Waals surface area contributed by atoms with Gasteiger partial charge in [-0.2, -0.15) is 0 Å². The number of aliphatic hydroxyl groups excluding tert-OH is 1. The van der Waals surface area contributed by atoms with Crippen molar-refractivity contribution in [2.24, 2.45) is 0 Å². The number of hydrogen-bond donors (Lipinski definition) is 2. The van der Waals surface area contributed by atoms with Gasteiger partial charge in [-0.05, 0) is 24.6 Å². The quantitative estimate of drug-likeness (QED) is 0.876. The minimum atomic E-state index is -0.146. The molecular formula is C16H25ClN2O2. The Morgan fingerprint density at radius 3 is 2.81 bits per heavy atom. The monoisotopic (exact) mass is 312 g/mol. The Morgan fingerprint density at radius 2 is 2.19 bits per heavy atom. The second-order valence-electron chi connectivity index (χ2n) is 5.98. The molecule has 2 rings (SSSR count). The maximum absolute atomic E-state index is 9.32. The SMILES string of the molecule is CC(C)NCc1ccc(N2CC(C)OC(CO)C2)c(Cl)c1. The minimum absolute atomic E-state index is 0.0366. The van der Waals surface area contributed by atoms with Gasteiger partial charge >= 0.3 is 0 Å². The number of ether oxygens (including phenoxy) is 1. The van der Waals surface area contributed by atoms with Crippen LogP contribution in [0, 0.1) is 0 Å². The number of aliphatic hydroxyl groups is 1. The molecule has 0 saturated carbocycles. The fraction of sp³-hybridized carbons (Fsp3) is 0.625. The predicted octanol–water partition coefficient (Wildman–Crippen LogP) is 2.42. The Bertz CT molecular complexity index is 468. The second kappa shape index (κ2) is 7.45. The Balaban J connectivity index is 2.09. The van der Waals surface area contributed by atoms with Gasteiger partial charge in [-0.15, -0.1) is 0 Å². The van der Waals surface area contributed by atoms with Gasteiger partial charge in [0.15, 0.2) is 0 Å². The van der Waals surface area contributed by atoms with E-state index in [-0.39, 0.29) is 18.8 Å². The molecule has 118 valence electrons. The van der Waals surface area contributed by atoms with Crippen LogP contribution in [0.2, 0.25) is 5.02 Å². The first-order valence-electron chi connectivity index (χ1n) is 7.52. The molecular weight excluding hydrogens is 288 g/mol. The topological polar surface area (TPSA) is 44.7 Å². The predicted molar refractivity (Wildman–Crippen MR) is 87.1 cm³/mol. The van der Waals surface area contributed by atoms with Crippen molar-refractivity contribution in [3.05, 3.63) is 28.8 Å². The molecule has 5 heteroatoms. The molecule has 1 aromatic carbocycles. The maximum atomic E-state index is 9.32. The van der Waals surface area contributed by atoms with Crippen molar-refractivity contribution in [2.45, 2.75) is 45.6 Å². The molecule has 0 spiro atoms. The Kier molecular flexibility index (Phi) is 5.88. The molecule has 1 heterocycles. The third-order valence-corrected chi connectivity index (χ3v) is 3.90. The van der Waals surface area contributed by atoms with Gasteiger partial charge in [-0.25, -0.2) is 0 Å². The number of benzene rings is 1. The molecule has 0 amide bonds. The summed E-state index contributed by atoms with van der Waals surface area (Å²) in [6, 6.07) is 6.63. The third-order valence-electron chi connectivity index (χ3n) is 3.60. The fourth-order valence-electron chi connectivity index (χ4n) is 2.58. The van der Waals surface area contributed by atoms with E-state index in [9.17, 15) is 5.11 Å². The van der Waals surface area contributed by atoms with Gasteiger partial charge in [-0.1, -0.05) is 31.5 Å². The number of anilines is 1. The zero-order valence-electron chi connectivity index (χ0n) is 13.0. The highest BCUT2D eigenvalue weighted by Crippen LogP contribution is 2.29. The van der Waals surface area contributed by atoms with E-state index in [0.29, 0.717) is 12.6 Å². The third kappa shape index (κ3) is 4.58. The fourth-order valence-corrected chi connectivity index (χ4v) is 2.90. The van der Waals surface area contributed by atoms with E-state index in [0.717, 1.165) is 23.8 Å². The van der Waals surface area contributed by atoms with Crippen LogP contribution < -0.4 is 10.2 Å². The molecule has 2 N–H and O–H groups in total. The highest BCUT2D eigenvalue weighted by molar-refractivity contribution is 6.33. The average Bonchev–Trinajstić information content (AvgIpc) is 2.44. The van der Waals surface area contributed by atoms with Crippen molar-refractivity contribution in [1.82, 2.24) is 5.32 Å². The number of nitrogens with zero attached hydrogens (tertiary/aromatic N) is 1. The Morgan fingerprint density at radius 1 is 1.43 bits per heavy atom. The number of halogens is 1. The summed E-state index contributed by atoms with van der Waals surface area (Å²) >= 11 is 6.44. The smallest absolute Gasteiger partial charge is 0.0984 e. The maximum Gasteiger partial charge on any atom is 0.0984 e. The van der Waals surface area contributed by atoms with Crippen LogP contribution in [0.1, 0.15) is 26.3 Å². The normalized spacial score (nSPS) is 22.9. The zero-order valence-corrected chi connectivity index (χ0v) is 13.7. The van der Waals surface area contributed by atoms with Crippen LogP contribution in [-0.2, 0) is 11.3 Å². The number of hydrogen-bond acceptors (Lipinski definition) is 4. The highest BCUT2D eigenvalue weighted by atomic mass is 35.5. The van der Waals surface area contributed by atoms with Gasteiger partial charge in [0.2, 0.25) is 0 Å². The first kappa shape index (κ1) is 16.6. The van der Waals surface area contributed by atoms with Crippen LogP contribution >= 0.6 is 11.6 Å². The van der Waals surface area contributed by atoms with E-state index in [2.05, 4.69) is 36.2 Å². The molecule has 1 aliphatic heterocycles. The van der Waals surface area contributed by atoms with Crippen molar-refractivity contribution in [3.8, 4) is 0 Å². The summed E-state index contributed by atoms with van der Waals surface area (Å²) in [6.07, 6.45) is -0.0543. The van der Waals surface area contributed by atoms with Crippen LogP contribution in [0.25, 0.3) is 0 Å². The number of rotatable bonds is 5. The van der Waals surface area contributed by atoms with E-state index in [4.69, 9.17) is 16.3 Å². The van der Waals surface area contributed by atoms with Gasteiger partial charge in [0.1, 0.15) is 0 Å². The molecule has 0 aromatic heterocycles. The molecule has 4 nitrogen and oxygen atoms in total. The Hall–Kier alpha value is -0.810. The van der Waals surface area contributed by atoms with E-state index in [1.165, 1.54) is 5.56 Å². The van der Waals surface area contributed by atoms with Crippen LogP contribution in [0.3, 0.4) is 0 Å². The van der Waals surface area contributed by atoms with Gasteiger partial charge in [-0.3, -0.25) is 0 Å². The second-order valence-corrected chi connectivity index (χ2v) is 6.38. The van der Waals surface area contributed by atoms with Crippen molar-refractivity contribution in [3.63, 3.8) is 0 Å². The Labute approximate surface area is 132 Å². The van der Waals surface area contributed by atoms with Crippen molar-refractivity contribution >= 4 is 17.3 Å². The largest absolute Gasteiger partial charge is 0.394 e. The van der Waals surface area contributed by atoms with E-state index in [1.54, 1.807) is 0 Å². The molecule has 1 fully saturated rings. The number of morpholine rings is 1. The molecule has 2 atom stereocenters. The molecule has 21 heavy (non-hydrogen) atoms. The first-order valence-corrected chi connectivity index (χ1v) is 7.90. The summed E-state index contributed by atoms with van der Waals surface area (Å²) in [5.74, 6) is 0. The molecule has 1 aliphatic rings. The molecule has 2 unspecified atom stereocenters. The van der Waals surface area contributed by atoms with Gasteiger partial charge in [0.05, 0.1) is 29.5 Å². The van der Waals surface area contributed by atoms with Crippen LogP contribution in [0.4, 0.5) is 5.69 Å². The van der Waals surface area contributed by atoms with Crippen LogP contribution in [0.5, 0.6) is 0 Å². The van der Waals surface area contributed by atoms with Crippen LogP contribution in [0.15, 0.2) is 18.2 Å². The molecule has 0 bridgehead atoms. The minimum Gasteiger partial charge on any atom is -0.394 e. The average molecular weight is 313 g/mol. The first-order chi connectivity index (χ1) is 9.99. The lowest BCUT2D eigenvalue weighted by Gasteiger charge is -2.38. The van der Waals surface area contributed by atoms with Crippen molar-refractivity contribution in [1.29, 1.82) is 0 Å². The summed E-state index contributed by atoms with van der Waals surface area (Å²) in [4.78, 5) is 2.19. The van der Waals surface area contributed by atoms with Crippen LogP contribution in [-0.4, -0.2) is 43.1 Å². The zero-order chi connectivity index (χ0) is 15.4. The summed E-state index contributed by atoms with van der Waals surface area (Å²) in [6.45, 7) is 8.58. The number of nitrogens with one attached hydrogen (secondary N) is 1. The lowest BCUT2D eigenvalue weighted by molar-refractivity contribution is -0.0421. The summed E-state index contributed by atoms with van der Waals surface area (Å²) in [5, 5.41) is 13.5. The van der Waals surface area contributed by atoms with Gasteiger partial charge < -0.3 is 20.1 Å². The molecule has 0 aliphatic carbocycles. The summed E-state index contributed by atoms with van der Waals surface area (Å²) in [5.41, 5.74) is 2.19. The summed E-state index contributed by atoms with van der Waals surface area (Å²) < 4.78 is 5.67. The van der Waals surface area contributed by atoms with Gasteiger partial charge in [0, 0.05) is 25.7 Å². The standard InChI is InChI=1S/C16H25ClN2O2/c1-11(2)18-7-13-4-5-16(15(17)6-13)19-8-12(3)21-14(9-19)10-20/h4-6,11-12,14,18,20H,7-10H2,1-3H3. The van der Waals surface area contributed by atoms with E-state index >= 15 is 0 Å². The molecule has 0 radical (unpaired) electrons. The van der Waals surface area contributed by atoms with Gasteiger partial charge in [0.25, 0.3) is 0 Å². The molecule has 1 aromatic rings. The lowest BCUT2D eigenvalue weighted by atomic mass is 10.1. The molecule has 1 saturated heterocycles. The van der Waals surface area contributed by atoms with E-state index < -0.39 is 0 Å². The van der Waals surface area contributed by atoms with E-state index in [1.807, 2.05) is 13.0 Å². The highest BCUT2D eigenvalue weighted by Gasteiger charge is 2.26. The summed E-state index contributed by atoms with van der Waals surface area (Å²) in [7, 11) is 0. The van der Waals surface area contributed by atoms with Crippen molar-refractivity contribution < 1.29 is 9.84 Å². The van der Waals surface area contributed by atoms with Crippen molar-refractivity contribution in [2.75, 3.05) is 24.6 Å².